The van der Waals surface area contributed by atoms with Crippen LogP contribution in [-0.4, -0.2) is 34.2 Å². The highest BCUT2D eigenvalue weighted by Crippen LogP contribution is 2.20. The van der Waals surface area contributed by atoms with Crippen molar-refractivity contribution in [2.45, 2.75) is 11.3 Å². The highest BCUT2D eigenvalue weighted by atomic mass is 35.5. The highest BCUT2D eigenvalue weighted by Gasteiger charge is 2.33. The van der Waals surface area contributed by atoms with Crippen LogP contribution in [0.3, 0.4) is 0 Å². The van der Waals surface area contributed by atoms with E-state index in [0.717, 1.165) is 0 Å². The number of hydrogen-bond donors (Lipinski definition) is 2. The summed E-state index contributed by atoms with van der Waals surface area (Å²) in [6, 6.07) is 5.76. The van der Waals surface area contributed by atoms with Gasteiger partial charge in [-0.05, 0) is 18.6 Å². The van der Waals surface area contributed by atoms with Crippen molar-refractivity contribution in [2.24, 2.45) is 5.92 Å². The second kappa shape index (κ2) is 5.91. The third kappa shape index (κ3) is 3.94. The quantitative estimate of drug-likeness (QED) is 0.746. The molecule has 2 rings (SSSR count). The highest BCUT2D eigenvalue weighted by molar-refractivity contribution is 7.91. The lowest BCUT2D eigenvalue weighted by molar-refractivity contribution is -0.124. The van der Waals surface area contributed by atoms with Gasteiger partial charge in [-0.25, -0.2) is 16.8 Å². The molecular weight excluding hydrogens is 340 g/mol. The van der Waals surface area contributed by atoms with Crippen molar-refractivity contribution in [3.8, 4) is 0 Å². The summed E-state index contributed by atoms with van der Waals surface area (Å²) in [5.41, 5.74) is 2.03. The van der Waals surface area contributed by atoms with E-state index in [1.165, 1.54) is 18.2 Å². The number of rotatable bonds is 4. The van der Waals surface area contributed by atoms with Gasteiger partial charge in [-0.15, -0.1) is 4.83 Å². The van der Waals surface area contributed by atoms with Crippen LogP contribution in [0.25, 0.3) is 0 Å². The lowest BCUT2D eigenvalue weighted by Crippen LogP contribution is -2.44. The number of halogens is 1. The molecule has 1 atom stereocenters. The largest absolute Gasteiger partial charge is 0.277 e. The van der Waals surface area contributed by atoms with Crippen molar-refractivity contribution in [3.05, 3.63) is 29.3 Å². The molecule has 0 aliphatic carbocycles. The SMILES string of the molecule is O=C(NNS(=O)(=O)c1ccccc1Cl)[C@@H]1CCS(=O)(=O)C1. The maximum absolute atomic E-state index is 12.0. The maximum atomic E-state index is 12.0. The van der Waals surface area contributed by atoms with E-state index >= 15 is 0 Å². The number of amides is 1. The summed E-state index contributed by atoms with van der Waals surface area (Å²) < 4.78 is 46.5. The first-order valence-corrected chi connectivity index (χ1v) is 9.66. The summed E-state index contributed by atoms with van der Waals surface area (Å²) in [5, 5.41) is 0.0164. The number of hydrogen-bond acceptors (Lipinski definition) is 5. The Morgan fingerprint density at radius 1 is 1.29 bits per heavy atom. The third-order valence-corrected chi connectivity index (χ3v) is 6.55. The van der Waals surface area contributed by atoms with Crippen LogP contribution in [0.5, 0.6) is 0 Å². The van der Waals surface area contributed by atoms with Gasteiger partial charge < -0.3 is 0 Å². The molecule has 116 valence electrons. The van der Waals surface area contributed by atoms with Crippen molar-refractivity contribution in [2.75, 3.05) is 11.5 Å². The monoisotopic (exact) mass is 352 g/mol. The summed E-state index contributed by atoms with van der Waals surface area (Å²) in [7, 11) is -7.22. The topological polar surface area (TPSA) is 109 Å². The average Bonchev–Trinajstić information content (AvgIpc) is 2.77. The van der Waals surface area contributed by atoms with Gasteiger partial charge >= 0.3 is 0 Å². The van der Waals surface area contributed by atoms with E-state index in [1.54, 1.807) is 6.07 Å². The van der Waals surface area contributed by atoms with Crippen LogP contribution < -0.4 is 10.3 Å². The number of sulfonamides is 1. The van der Waals surface area contributed by atoms with Gasteiger partial charge in [0.05, 0.1) is 22.4 Å². The molecule has 1 aliphatic heterocycles. The molecule has 0 bridgehead atoms. The lowest BCUT2D eigenvalue weighted by atomic mass is 10.1. The first-order chi connectivity index (χ1) is 9.71. The molecular formula is C11H13ClN2O5S2. The Morgan fingerprint density at radius 3 is 2.52 bits per heavy atom. The molecule has 2 N–H and O–H groups in total. The van der Waals surface area contributed by atoms with Crippen LogP contribution in [0, 0.1) is 5.92 Å². The molecule has 10 heteroatoms. The second-order valence-electron chi connectivity index (χ2n) is 4.63. The number of carbonyl (C=O) groups excluding carboxylic acids is 1. The summed E-state index contributed by atoms with van der Waals surface area (Å²) in [4.78, 5) is 13.5. The van der Waals surface area contributed by atoms with Gasteiger partial charge in [0.1, 0.15) is 4.90 Å². The Labute approximate surface area is 127 Å². The van der Waals surface area contributed by atoms with Crippen LogP contribution in [0.4, 0.5) is 0 Å². The lowest BCUT2D eigenvalue weighted by Gasteiger charge is -2.11. The van der Waals surface area contributed by atoms with E-state index in [4.69, 9.17) is 11.6 Å². The van der Waals surface area contributed by atoms with Gasteiger partial charge in [0, 0.05) is 0 Å². The molecule has 7 nitrogen and oxygen atoms in total. The van der Waals surface area contributed by atoms with Gasteiger partial charge in [-0.2, -0.15) is 0 Å². The average molecular weight is 353 g/mol. The predicted octanol–water partition coefficient (Wildman–Crippen LogP) is 0.0842. The molecule has 0 spiro atoms. The van der Waals surface area contributed by atoms with Gasteiger partial charge in [0.15, 0.2) is 9.84 Å². The van der Waals surface area contributed by atoms with Crippen LogP contribution in [0.2, 0.25) is 5.02 Å². The van der Waals surface area contributed by atoms with Gasteiger partial charge in [-0.3, -0.25) is 10.2 Å². The summed E-state index contributed by atoms with van der Waals surface area (Å²) in [5.74, 6) is -1.76. The van der Waals surface area contributed by atoms with Crippen LogP contribution in [0.15, 0.2) is 29.2 Å². The summed E-state index contributed by atoms with van der Waals surface area (Å²) in [6.07, 6.45) is 0.183. The Balaban J connectivity index is 2.03. The van der Waals surface area contributed by atoms with Crippen molar-refractivity contribution >= 4 is 37.4 Å². The van der Waals surface area contributed by atoms with Crippen molar-refractivity contribution in [1.82, 2.24) is 10.3 Å². The normalized spacial score (nSPS) is 21.1. The number of carbonyl (C=O) groups is 1. The van der Waals surface area contributed by atoms with E-state index in [-0.39, 0.29) is 27.8 Å². The van der Waals surface area contributed by atoms with E-state index in [0.29, 0.717) is 0 Å². The minimum atomic E-state index is -4.01. The molecule has 1 fully saturated rings. The number of benzene rings is 1. The molecule has 1 amide bonds. The molecule has 1 heterocycles. The van der Waals surface area contributed by atoms with Crippen molar-refractivity contribution in [3.63, 3.8) is 0 Å². The number of sulfone groups is 1. The van der Waals surface area contributed by atoms with E-state index in [1.807, 2.05) is 10.3 Å². The van der Waals surface area contributed by atoms with Gasteiger partial charge in [0.25, 0.3) is 10.0 Å². The van der Waals surface area contributed by atoms with Gasteiger partial charge in [0.2, 0.25) is 5.91 Å². The minimum Gasteiger partial charge on any atom is -0.277 e. The molecule has 1 aliphatic rings. The van der Waals surface area contributed by atoms with E-state index < -0.39 is 31.7 Å². The number of nitrogens with one attached hydrogen (secondary N) is 2. The zero-order valence-electron chi connectivity index (χ0n) is 10.7. The molecule has 1 saturated heterocycles. The van der Waals surface area contributed by atoms with Crippen molar-refractivity contribution in [1.29, 1.82) is 0 Å². The standard InChI is InChI=1S/C11H13ClN2O5S2/c12-9-3-1-2-4-10(9)21(18,19)14-13-11(15)8-5-6-20(16,17)7-8/h1-4,8,14H,5-7H2,(H,13,15)/t8-/m1/s1. The van der Waals surface area contributed by atoms with E-state index in [9.17, 15) is 21.6 Å². The van der Waals surface area contributed by atoms with Crippen LogP contribution >= 0.6 is 11.6 Å². The Kier molecular flexibility index (Phi) is 4.57. The van der Waals surface area contributed by atoms with E-state index in [2.05, 4.69) is 0 Å². The summed E-state index contributed by atoms with van der Waals surface area (Å²) >= 11 is 5.78. The number of hydrazine groups is 1. The fourth-order valence-corrected chi connectivity index (χ4v) is 5.05. The smallest absolute Gasteiger partial charge is 0.258 e. The molecule has 0 radical (unpaired) electrons. The first-order valence-electron chi connectivity index (χ1n) is 5.98. The van der Waals surface area contributed by atoms with Crippen molar-refractivity contribution < 1.29 is 21.6 Å². The molecule has 0 aromatic heterocycles. The summed E-state index contributed by atoms with van der Waals surface area (Å²) in [6.45, 7) is 0. The fraction of sp³-hybridized carbons (Fsp3) is 0.364. The van der Waals surface area contributed by atoms with Crippen LogP contribution in [0.1, 0.15) is 6.42 Å². The Morgan fingerprint density at radius 2 is 1.95 bits per heavy atom. The molecule has 1 aromatic carbocycles. The Hall–Kier alpha value is -1.16. The molecule has 21 heavy (non-hydrogen) atoms. The minimum absolute atomic E-state index is 0.0164. The maximum Gasteiger partial charge on any atom is 0.258 e. The van der Waals surface area contributed by atoms with Gasteiger partial charge in [-0.1, -0.05) is 23.7 Å². The molecule has 0 unspecified atom stereocenters. The predicted molar refractivity (Wildman–Crippen MR) is 76.7 cm³/mol. The third-order valence-electron chi connectivity index (χ3n) is 3.04. The first kappa shape index (κ1) is 16.2. The fourth-order valence-electron chi connectivity index (χ4n) is 1.94. The van der Waals surface area contributed by atoms with Crippen LogP contribution in [-0.2, 0) is 24.7 Å². The second-order valence-corrected chi connectivity index (χ2v) is 8.91. The molecule has 1 aromatic rings. The molecule has 0 saturated carbocycles. The zero-order chi connectivity index (χ0) is 15.7. The Bertz CT molecular complexity index is 761. The zero-order valence-corrected chi connectivity index (χ0v) is 13.1.